The van der Waals surface area contributed by atoms with Crippen LogP contribution in [0, 0.1) is 11.3 Å². The summed E-state index contributed by atoms with van der Waals surface area (Å²) in [5.41, 5.74) is 0.327. The van der Waals surface area contributed by atoms with Gasteiger partial charge in [-0.15, -0.1) is 0 Å². The van der Waals surface area contributed by atoms with Crippen LogP contribution in [0.25, 0.3) is 0 Å². The van der Waals surface area contributed by atoms with Crippen LogP contribution in [-0.2, 0) is 0 Å². The molecule has 0 amide bonds. The van der Waals surface area contributed by atoms with Gasteiger partial charge in [-0.25, -0.2) is 0 Å². The molecule has 1 aliphatic carbocycles. The molecule has 0 bridgehead atoms. The second-order valence-electron chi connectivity index (χ2n) is 3.49. The summed E-state index contributed by atoms with van der Waals surface area (Å²) in [6.07, 6.45) is 5.40. The molecule has 1 unspecified atom stereocenters. The smallest absolute Gasteiger partial charge is 0.0494 e. The maximum Gasteiger partial charge on any atom is 0.0494 e. The van der Waals surface area contributed by atoms with E-state index in [4.69, 9.17) is 5.11 Å². The van der Waals surface area contributed by atoms with Crippen molar-refractivity contribution in [3.63, 3.8) is 0 Å². The Labute approximate surface area is 56.4 Å². The first-order valence-electron chi connectivity index (χ1n) is 3.44. The summed E-state index contributed by atoms with van der Waals surface area (Å²) >= 11 is 0. The Morgan fingerprint density at radius 3 is 2.56 bits per heavy atom. The lowest BCUT2D eigenvalue weighted by Gasteiger charge is -2.15. The Hall–Kier alpha value is -0.300. The average Bonchev–Trinajstić information content (AvgIpc) is 2.10. The highest BCUT2D eigenvalue weighted by molar-refractivity contribution is 5.06. The van der Waals surface area contributed by atoms with Crippen molar-refractivity contribution in [2.75, 3.05) is 6.61 Å². The third-order valence-electron chi connectivity index (χ3n) is 1.84. The van der Waals surface area contributed by atoms with Crippen LogP contribution < -0.4 is 0 Å². The van der Waals surface area contributed by atoms with E-state index in [2.05, 4.69) is 26.0 Å². The van der Waals surface area contributed by atoms with Crippen LogP contribution in [0.5, 0.6) is 0 Å². The van der Waals surface area contributed by atoms with Crippen LogP contribution in [0.3, 0.4) is 0 Å². The zero-order chi connectivity index (χ0) is 6.91. The fourth-order valence-corrected chi connectivity index (χ4v) is 1.33. The number of hydrogen-bond acceptors (Lipinski definition) is 1. The molecule has 1 nitrogen and oxygen atoms in total. The summed E-state index contributed by atoms with van der Waals surface area (Å²) in [5.74, 6) is 0.417. The maximum atomic E-state index is 8.75. The second kappa shape index (κ2) is 2.14. The highest BCUT2D eigenvalue weighted by Gasteiger charge is 2.24. The van der Waals surface area contributed by atoms with E-state index in [1.54, 1.807) is 0 Å². The van der Waals surface area contributed by atoms with Gasteiger partial charge in [-0.05, 0) is 11.8 Å². The van der Waals surface area contributed by atoms with Gasteiger partial charge in [0.25, 0.3) is 0 Å². The molecule has 52 valence electrons. The second-order valence-corrected chi connectivity index (χ2v) is 3.49. The van der Waals surface area contributed by atoms with Crippen molar-refractivity contribution in [1.29, 1.82) is 0 Å². The van der Waals surface area contributed by atoms with Crippen molar-refractivity contribution in [3.8, 4) is 0 Å². The molecule has 0 aromatic rings. The van der Waals surface area contributed by atoms with Gasteiger partial charge < -0.3 is 5.11 Å². The Balaban J connectivity index is 2.50. The third-order valence-corrected chi connectivity index (χ3v) is 1.84. The molecule has 1 rings (SSSR count). The molecular weight excluding hydrogens is 112 g/mol. The highest BCUT2D eigenvalue weighted by atomic mass is 16.3. The minimum Gasteiger partial charge on any atom is -0.396 e. The molecule has 0 saturated heterocycles. The number of aliphatic hydroxyl groups excluding tert-OH is 1. The molecule has 1 aliphatic rings. The minimum atomic E-state index is 0.305. The monoisotopic (exact) mass is 126 g/mol. The standard InChI is InChI=1S/C8H14O/c1-8(2)4-3-7(5-8)6-9/h3-4,7,9H,5-6H2,1-2H3. The van der Waals surface area contributed by atoms with E-state index in [0.717, 1.165) is 6.42 Å². The van der Waals surface area contributed by atoms with Gasteiger partial charge in [0, 0.05) is 12.5 Å². The lowest BCUT2D eigenvalue weighted by Crippen LogP contribution is -2.08. The van der Waals surface area contributed by atoms with E-state index < -0.39 is 0 Å². The average molecular weight is 126 g/mol. The molecule has 9 heavy (non-hydrogen) atoms. The van der Waals surface area contributed by atoms with Crippen molar-refractivity contribution in [3.05, 3.63) is 12.2 Å². The highest BCUT2D eigenvalue weighted by Crippen LogP contribution is 2.33. The van der Waals surface area contributed by atoms with E-state index >= 15 is 0 Å². The van der Waals surface area contributed by atoms with Gasteiger partial charge in [0.1, 0.15) is 0 Å². The van der Waals surface area contributed by atoms with E-state index in [9.17, 15) is 0 Å². The molecule has 0 aliphatic heterocycles. The molecule has 1 N–H and O–H groups in total. The SMILES string of the molecule is CC1(C)C=CC(CO)C1. The number of allylic oxidation sites excluding steroid dienone is 1. The Morgan fingerprint density at radius 2 is 2.33 bits per heavy atom. The summed E-state index contributed by atoms with van der Waals surface area (Å²) in [7, 11) is 0. The molecule has 0 radical (unpaired) electrons. The largest absolute Gasteiger partial charge is 0.396 e. The van der Waals surface area contributed by atoms with Gasteiger partial charge in [-0.2, -0.15) is 0 Å². The summed E-state index contributed by atoms with van der Waals surface area (Å²) in [5, 5.41) is 8.75. The molecule has 0 fully saturated rings. The van der Waals surface area contributed by atoms with Crippen molar-refractivity contribution in [1.82, 2.24) is 0 Å². The normalized spacial score (nSPS) is 31.2. The van der Waals surface area contributed by atoms with Crippen molar-refractivity contribution >= 4 is 0 Å². The van der Waals surface area contributed by atoms with Crippen molar-refractivity contribution in [2.45, 2.75) is 20.3 Å². The van der Waals surface area contributed by atoms with Gasteiger partial charge >= 0.3 is 0 Å². The van der Waals surface area contributed by atoms with E-state index in [0.29, 0.717) is 17.9 Å². The predicted octanol–water partition coefficient (Wildman–Crippen LogP) is 1.58. The van der Waals surface area contributed by atoms with E-state index in [-0.39, 0.29) is 0 Å². The Bertz CT molecular complexity index is 125. The van der Waals surface area contributed by atoms with Crippen LogP contribution in [-0.4, -0.2) is 11.7 Å². The molecule has 0 aromatic heterocycles. The lowest BCUT2D eigenvalue weighted by atomic mass is 9.90. The molecule has 0 spiro atoms. The molecular formula is C8H14O. The zero-order valence-corrected chi connectivity index (χ0v) is 6.09. The number of hydrogen-bond donors (Lipinski definition) is 1. The van der Waals surface area contributed by atoms with E-state index in [1.807, 2.05) is 0 Å². The van der Waals surface area contributed by atoms with Crippen LogP contribution in [0.1, 0.15) is 20.3 Å². The predicted molar refractivity (Wildman–Crippen MR) is 38.1 cm³/mol. The van der Waals surface area contributed by atoms with E-state index in [1.165, 1.54) is 0 Å². The third kappa shape index (κ3) is 1.55. The lowest BCUT2D eigenvalue weighted by molar-refractivity contribution is 0.231. The van der Waals surface area contributed by atoms with Crippen LogP contribution in [0.15, 0.2) is 12.2 Å². The first-order chi connectivity index (χ1) is 4.14. The summed E-state index contributed by atoms with van der Waals surface area (Å²) in [6.45, 7) is 4.69. The quantitative estimate of drug-likeness (QED) is 0.529. The van der Waals surface area contributed by atoms with Gasteiger partial charge in [0.2, 0.25) is 0 Å². The first kappa shape index (κ1) is 6.81. The van der Waals surface area contributed by atoms with Crippen molar-refractivity contribution < 1.29 is 5.11 Å². The summed E-state index contributed by atoms with van der Waals surface area (Å²) < 4.78 is 0. The topological polar surface area (TPSA) is 20.2 Å². The van der Waals surface area contributed by atoms with Gasteiger partial charge in [0.15, 0.2) is 0 Å². The Kier molecular flexibility index (Phi) is 1.62. The Morgan fingerprint density at radius 1 is 1.67 bits per heavy atom. The molecule has 1 heteroatoms. The first-order valence-corrected chi connectivity index (χ1v) is 3.44. The fourth-order valence-electron chi connectivity index (χ4n) is 1.33. The van der Waals surface area contributed by atoms with Crippen LogP contribution in [0.2, 0.25) is 0 Å². The number of rotatable bonds is 1. The van der Waals surface area contributed by atoms with Crippen LogP contribution >= 0.6 is 0 Å². The minimum absolute atomic E-state index is 0.305. The zero-order valence-electron chi connectivity index (χ0n) is 6.09. The van der Waals surface area contributed by atoms with Crippen molar-refractivity contribution in [2.24, 2.45) is 11.3 Å². The molecule has 0 aromatic carbocycles. The van der Waals surface area contributed by atoms with Gasteiger partial charge in [-0.1, -0.05) is 26.0 Å². The fraction of sp³-hybridized carbons (Fsp3) is 0.750. The van der Waals surface area contributed by atoms with Gasteiger partial charge in [0.05, 0.1) is 0 Å². The van der Waals surface area contributed by atoms with Crippen LogP contribution in [0.4, 0.5) is 0 Å². The molecule has 1 atom stereocenters. The summed E-state index contributed by atoms with van der Waals surface area (Å²) in [4.78, 5) is 0. The van der Waals surface area contributed by atoms with Gasteiger partial charge in [-0.3, -0.25) is 0 Å². The summed E-state index contributed by atoms with van der Waals surface area (Å²) in [6, 6.07) is 0. The number of aliphatic hydroxyl groups is 1. The maximum absolute atomic E-state index is 8.75. The molecule has 0 saturated carbocycles. The molecule has 0 heterocycles.